The van der Waals surface area contributed by atoms with E-state index in [0.29, 0.717) is 5.82 Å². The summed E-state index contributed by atoms with van der Waals surface area (Å²) >= 11 is 5.92. The molecule has 0 aromatic carbocycles. The van der Waals surface area contributed by atoms with Gasteiger partial charge >= 0.3 is 5.69 Å². The normalized spacial score (nSPS) is 30.5. The quantitative estimate of drug-likeness (QED) is 0.475. The Balaban J connectivity index is 2.04. The minimum Gasteiger partial charge on any atom is -0.347 e. The molecule has 2 bridgehead atoms. The fourth-order valence-electron chi connectivity index (χ4n) is 4.42. The van der Waals surface area contributed by atoms with Crippen molar-refractivity contribution in [3.8, 4) is 0 Å². The molecule has 0 N–H and O–H groups in total. The van der Waals surface area contributed by atoms with Crippen LogP contribution in [0.25, 0.3) is 0 Å². The van der Waals surface area contributed by atoms with Crippen molar-refractivity contribution in [2.24, 2.45) is 10.8 Å². The molecular weight excluding hydrogens is 292 g/mol. The second-order valence-electron chi connectivity index (χ2n) is 7.44. The van der Waals surface area contributed by atoms with Gasteiger partial charge in [0, 0.05) is 12.6 Å². The second-order valence-corrected chi connectivity index (χ2v) is 7.79. The standard InChI is InChI=1S/C14H19ClN4O2/c1-13(2)4-9-5-14(3,6-13)7-18(9)12-10(19(20)21)11(15)16-8-17-12/h8-9H,4-7H2,1-3H3. The van der Waals surface area contributed by atoms with Crippen LogP contribution in [0.15, 0.2) is 6.33 Å². The van der Waals surface area contributed by atoms with E-state index in [1.807, 2.05) is 0 Å². The van der Waals surface area contributed by atoms with E-state index in [1.165, 1.54) is 6.33 Å². The van der Waals surface area contributed by atoms with Gasteiger partial charge in [0.05, 0.1) is 4.92 Å². The van der Waals surface area contributed by atoms with Gasteiger partial charge in [-0.3, -0.25) is 10.1 Å². The van der Waals surface area contributed by atoms with Gasteiger partial charge in [-0.15, -0.1) is 0 Å². The summed E-state index contributed by atoms with van der Waals surface area (Å²) in [6.07, 6.45) is 4.50. The van der Waals surface area contributed by atoms with Crippen LogP contribution in [-0.4, -0.2) is 27.5 Å². The molecule has 7 heteroatoms. The van der Waals surface area contributed by atoms with E-state index < -0.39 is 4.92 Å². The highest BCUT2D eigenvalue weighted by molar-refractivity contribution is 6.31. The molecule has 1 saturated heterocycles. The molecule has 114 valence electrons. The highest BCUT2D eigenvalue weighted by atomic mass is 35.5. The van der Waals surface area contributed by atoms with E-state index in [2.05, 4.69) is 35.6 Å². The van der Waals surface area contributed by atoms with Gasteiger partial charge in [0.2, 0.25) is 11.0 Å². The van der Waals surface area contributed by atoms with Crippen molar-refractivity contribution in [2.75, 3.05) is 11.4 Å². The topological polar surface area (TPSA) is 72.2 Å². The molecule has 1 aliphatic heterocycles. The number of nitrogens with zero attached hydrogens (tertiary/aromatic N) is 4. The third kappa shape index (κ3) is 2.46. The predicted molar refractivity (Wildman–Crippen MR) is 80.6 cm³/mol. The molecule has 6 nitrogen and oxygen atoms in total. The van der Waals surface area contributed by atoms with Gasteiger partial charge in [-0.05, 0) is 30.1 Å². The summed E-state index contributed by atoms with van der Waals surface area (Å²) in [6.45, 7) is 7.58. The predicted octanol–water partition coefficient (Wildman–Crippen LogP) is 3.44. The minimum atomic E-state index is -0.479. The first-order valence-electron chi connectivity index (χ1n) is 7.12. The molecule has 3 rings (SSSR count). The van der Waals surface area contributed by atoms with Crippen LogP contribution in [0.2, 0.25) is 5.15 Å². The molecule has 1 aromatic rings. The number of halogens is 1. The van der Waals surface area contributed by atoms with E-state index in [9.17, 15) is 10.1 Å². The van der Waals surface area contributed by atoms with Crippen LogP contribution in [0, 0.1) is 20.9 Å². The van der Waals surface area contributed by atoms with Crippen molar-refractivity contribution in [1.29, 1.82) is 0 Å². The molecule has 1 saturated carbocycles. The van der Waals surface area contributed by atoms with Crippen molar-refractivity contribution in [3.63, 3.8) is 0 Å². The third-order valence-electron chi connectivity index (χ3n) is 4.63. The Morgan fingerprint density at radius 3 is 2.76 bits per heavy atom. The lowest BCUT2D eigenvalue weighted by atomic mass is 9.65. The Kier molecular flexibility index (Phi) is 3.13. The largest absolute Gasteiger partial charge is 0.348 e. The molecule has 0 amide bonds. The Bertz CT molecular complexity index is 607. The van der Waals surface area contributed by atoms with E-state index in [0.717, 1.165) is 25.8 Å². The van der Waals surface area contributed by atoms with Crippen molar-refractivity contribution in [3.05, 3.63) is 21.6 Å². The summed E-state index contributed by atoms with van der Waals surface area (Å²) < 4.78 is 0. The number of hydrogen-bond acceptors (Lipinski definition) is 5. The summed E-state index contributed by atoms with van der Waals surface area (Å²) in [7, 11) is 0. The first-order chi connectivity index (χ1) is 9.71. The van der Waals surface area contributed by atoms with Crippen LogP contribution in [-0.2, 0) is 0 Å². The average Bonchev–Trinajstić information content (AvgIpc) is 2.57. The van der Waals surface area contributed by atoms with Gasteiger partial charge in [0.25, 0.3) is 0 Å². The van der Waals surface area contributed by atoms with Crippen LogP contribution >= 0.6 is 11.6 Å². The summed E-state index contributed by atoms with van der Waals surface area (Å²) in [5.74, 6) is 0.367. The van der Waals surface area contributed by atoms with Crippen LogP contribution in [0.5, 0.6) is 0 Å². The third-order valence-corrected chi connectivity index (χ3v) is 4.90. The highest BCUT2D eigenvalue weighted by Crippen LogP contribution is 2.54. The van der Waals surface area contributed by atoms with Gasteiger partial charge in [-0.2, -0.15) is 0 Å². The fourth-order valence-corrected chi connectivity index (χ4v) is 4.62. The Hall–Kier alpha value is -1.43. The first-order valence-corrected chi connectivity index (χ1v) is 7.50. The lowest BCUT2D eigenvalue weighted by Gasteiger charge is -2.39. The zero-order valence-electron chi connectivity index (χ0n) is 12.5. The lowest BCUT2D eigenvalue weighted by Crippen LogP contribution is -2.35. The number of hydrogen-bond donors (Lipinski definition) is 0. The molecule has 21 heavy (non-hydrogen) atoms. The lowest BCUT2D eigenvalue weighted by molar-refractivity contribution is -0.384. The molecular formula is C14H19ClN4O2. The van der Waals surface area contributed by atoms with Crippen LogP contribution in [0.4, 0.5) is 11.5 Å². The summed E-state index contributed by atoms with van der Waals surface area (Å²) in [6, 6.07) is 0.281. The molecule has 2 atom stereocenters. The number of fused-ring (bicyclic) bond motifs is 2. The Morgan fingerprint density at radius 1 is 1.38 bits per heavy atom. The van der Waals surface area contributed by atoms with Crippen LogP contribution < -0.4 is 4.90 Å². The molecule has 0 radical (unpaired) electrons. The smallest absolute Gasteiger partial charge is 0.347 e. The first kappa shape index (κ1) is 14.5. The van der Waals surface area contributed by atoms with Gasteiger partial charge in [0.15, 0.2) is 0 Å². The minimum absolute atomic E-state index is 0.0872. The van der Waals surface area contributed by atoms with E-state index >= 15 is 0 Å². The summed E-state index contributed by atoms with van der Waals surface area (Å²) in [5, 5.41) is 11.2. The van der Waals surface area contributed by atoms with Crippen molar-refractivity contribution < 1.29 is 4.92 Å². The van der Waals surface area contributed by atoms with Crippen LogP contribution in [0.3, 0.4) is 0 Å². The van der Waals surface area contributed by atoms with Gasteiger partial charge in [-0.1, -0.05) is 32.4 Å². The molecule has 2 heterocycles. The molecule has 1 aliphatic carbocycles. The zero-order chi connectivity index (χ0) is 15.4. The molecule has 0 spiro atoms. The average molecular weight is 311 g/mol. The van der Waals surface area contributed by atoms with Crippen molar-refractivity contribution in [1.82, 2.24) is 9.97 Å². The zero-order valence-corrected chi connectivity index (χ0v) is 13.2. The van der Waals surface area contributed by atoms with E-state index in [-0.39, 0.29) is 27.7 Å². The van der Waals surface area contributed by atoms with E-state index in [4.69, 9.17) is 11.6 Å². The maximum Gasteiger partial charge on any atom is 0.348 e. The number of anilines is 1. The van der Waals surface area contributed by atoms with Crippen molar-refractivity contribution in [2.45, 2.75) is 46.1 Å². The van der Waals surface area contributed by atoms with Gasteiger partial charge < -0.3 is 4.90 Å². The summed E-state index contributed by atoms with van der Waals surface area (Å²) in [4.78, 5) is 20.8. The maximum atomic E-state index is 11.3. The molecule has 1 aromatic heterocycles. The molecule has 2 fully saturated rings. The Labute approximate surface area is 128 Å². The van der Waals surface area contributed by atoms with E-state index in [1.54, 1.807) is 0 Å². The molecule has 2 aliphatic rings. The SMILES string of the molecule is CC1(C)CC2CC(C)(CN2c2ncnc(Cl)c2[N+](=O)[O-])C1. The Morgan fingerprint density at radius 2 is 2.10 bits per heavy atom. The monoisotopic (exact) mass is 310 g/mol. The molecule has 2 unspecified atom stereocenters. The number of rotatable bonds is 2. The van der Waals surface area contributed by atoms with Crippen molar-refractivity contribution >= 4 is 23.1 Å². The second kappa shape index (κ2) is 4.53. The van der Waals surface area contributed by atoms with Gasteiger partial charge in [0.1, 0.15) is 6.33 Å². The van der Waals surface area contributed by atoms with Gasteiger partial charge in [-0.25, -0.2) is 9.97 Å². The number of aromatic nitrogens is 2. The fraction of sp³-hybridized carbons (Fsp3) is 0.714. The number of nitro groups is 1. The maximum absolute atomic E-state index is 11.3. The van der Waals surface area contributed by atoms with Crippen LogP contribution in [0.1, 0.15) is 40.0 Å². The summed E-state index contributed by atoms with van der Waals surface area (Å²) in [5.41, 5.74) is 0.253. The highest BCUT2D eigenvalue weighted by Gasteiger charge is 2.51.